The Bertz CT molecular complexity index is 896. The third kappa shape index (κ3) is 2.54. The van der Waals surface area contributed by atoms with E-state index in [-0.39, 0.29) is 23.5 Å². The number of fused-ring (bicyclic) bond motifs is 2. The van der Waals surface area contributed by atoms with Crippen LogP contribution in [0.1, 0.15) is 16.8 Å². The van der Waals surface area contributed by atoms with Crippen LogP contribution in [-0.4, -0.2) is 53.8 Å². The number of rotatable bonds is 2. The maximum Gasteiger partial charge on any atom is 0.259 e. The summed E-state index contributed by atoms with van der Waals surface area (Å²) in [5, 5.41) is 9.98. The number of likely N-dealkylation sites (tertiary alicyclic amines) is 1. The van der Waals surface area contributed by atoms with Gasteiger partial charge in [0.15, 0.2) is 0 Å². The van der Waals surface area contributed by atoms with Crippen LogP contribution in [0.5, 0.6) is 0 Å². The summed E-state index contributed by atoms with van der Waals surface area (Å²) in [7, 11) is 0. The van der Waals surface area contributed by atoms with Crippen molar-refractivity contribution in [3.63, 3.8) is 0 Å². The molecule has 2 aromatic rings. The number of H-pyrrole nitrogens is 1. The van der Waals surface area contributed by atoms with Crippen LogP contribution in [0, 0.1) is 17.2 Å². The van der Waals surface area contributed by atoms with Crippen molar-refractivity contribution in [2.75, 3.05) is 32.9 Å². The van der Waals surface area contributed by atoms with Gasteiger partial charge in [0, 0.05) is 42.2 Å². The van der Waals surface area contributed by atoms with Crippen LogP contribution in [0.25, 0.3) is 10.9 Å². The van der Waals surface area contributed by atoms with Gasteiger partial charge in [0.2, 0.25) is 5.43 Å². The summed E-state index contributed by atoms with van der Waals surface area (Å²) >= 11 is 0. The Morgan fingerprint density at radius 1 is 1.48 bits per heavy atom. The average molecular weight is 346 g/mol. The van der Waals surface area contributed by atoms with Gasteiger partial charge in [0.25, 0.3) is 5.91 Å². The molecule has 0 radical (unpaired) electrons. The van der Waals surface area contributed by atoms with E-state index in [9.17, 15) is 19.1 Å². The zero-order valence-corrected chi connectivity index (χ0v) is 13.6. The number of benzene rings is 1. The molecule has 0 aliphatic carbocycles. The summed E-state index contributed by atoms with van der Waals surface area (Å²) < 4.78 is 19.0. The molecule has 1 aromatic heterocycles. The number of ether oxygens (including phenoxy) is 1. The second kappa shape index (κ2) is 5.93. The topological polar surface area (TPSA) is 82.6 Å². The first-order valence-corrected chi connectivity index (χ1v) is 8.33. The number of aromatic nitrogens is 1. The Morgan fingerprint density at radius 2 is 2.32 bits per heavy atom. The Morgan fingerprint density at radius 3 is 3.08 bits per heavy atom. The van der Waals surface area contributed by atoms with Gasteiger partial charge < -0.3 is 19.7 Å². The summed E-state index contributed by atoms with van der Waals surface area (Å²) in [4.78, 5) is 30.0. The minimum atomic E-state index is -0.522. The fourth-order valence-electron chi connectivity index (χ4n) is 3.99. The van der Waals surface area contributed by atoms with E-state index in [0.29, 0.717) is 31.8 Å². The second-order valence-corrected chi connectivity index (χ2v) is 6.97. The third-order valence-electron chi connectivity index (χ3n) is 5.49. The molecule has 0 spiro atoms. The zero-order valence-electron chi connectivity index (χ0n) is 13.6. The lowest BCUT2D eigenvalue weighted by atomic mass is 9.76. The van der Waals surface area contributed by atoms with Gasteiger partial charge in [-0.2, -0.15) is 0 Å². The summed E-state index contributed by atoms with van der Waals surface area (Å²) in [6.45, 7) is 1.82. The van der Waals surface area contributed by atoms with E-state index in [1.54, 1.807) is 4.90 Å². The van der Waals surface area contributed by atoms with E-state index in [4.69, 9.17) is 4.74 Å². The lowest BCUT2D eigenvalue weighted by molar-refractivity contribution is -0.0557. The summed E-state index contributed by atoms with van der Waals surface area (Å²) in [6.07, 6.45) is 2.17. The molecule has 0 bridgehead atoms. The van der Waals surface area contributed by atoms with Crippen molar-refractivity contribution < 1.29 is 19.0 Å². The standard InChI is InChI=1S/C18H19FN2O4/c19-12-1-2-15-13(5-12)16(23)14(6-20-15)17(24)21-7-11-3-4-25-10-18(11,8-21)9-22/h1-2,5-6,11,22H,3-4,7-10H2,(H,20,23)/t11-,18+/m0/s1. The maximum atomic E-state index is 13.5. The molecule has 25 heavy (non-hydrogen) atoms. The molecule has 1 aromatic carbocycles. The van der Waals surface area contributed by atoms with Crippen LogP contribution >= 0.6 is 0 Å². The molecule has 0 saturated carbocycles. The zero-order chi connectivity index (χ0) is 17.6. The van der Waals surface area contributed by atoms with E-state index >= 15 is 0 Å². The van der Waals surface area contributed by atoms with Crippen molar-refractivity contribution in [2.45, 2.75) is 6.42 Å². The Hall–Kier alpha value is -2.25. The second-order valence-electron chi connectivity index (χ2n) is 6.97. The molecule has 2 aliphatic rings. The molecule has 2 aliphatic heterocycles. The highest BCUT2D eigenvalue weighted by atomic mass is 19.1. The first-order chi connectivity index (χ1) is 12.0. The van der Waals surface area contributed by atoms with E-state index in [1.807, 2.05) is 0 Å². The molecule has 4 rings (SSSR count). The van der Waals surface area contributed by atoms with Crippen molar-refractivity contribution in [1.82, 2.24) is 9.88 Å². The predicted octanol–water partition coefficient (Wildman–Crippen LogP) is 1.14. The van der Waals surface area contributed by atoms with Crippen molar-refractivity contribution in [2.24, 2.45) is 11.3 Å². The number of halogens is 1. The number of pyridine rings is 1. The number of aliphatic hydroxyl groups excluding tert-OH is 1. The SMILES string of the molecule is O=C(c1c[nH]c2ccc(F)cc2c1=O)N1C[C@@H]2CCOC[C@]2(CO)C1. The number of carbonyl (C=O) groups is 1. The highest BCUT2D eigenvalue weighted by Crippen LogP contribution is 2.41. The number of nitrogens with one attached hydrogen (secondary N) is 1. The molecule has 0 unspecified atom stereocenters. The minimum absolute atomic E-state index is 0.00856. The maximum absolute atomic E-state index is 13.5. The van der Waals surface area contributed by atoms with Crippen molar-refractivity contribution in [3.05, 3.63) is 46.0 Å². The fraction of sp³-hybridized carbons (Fsp3) is 0.444. The molecule has 2 fully saturated rings. The number of amides is 1. The summed E-state index contributed by atoms with van der Waals surface area (Å²) in [6, 6.07) is 3.87. The Labute approximate surface area is 143 Å². The minimum Gasteiger partial charge on any atom is -0.396 e. The van der Waals surface area contributed by atoms with E-state index < -0.39 is 22.6 Å². The molecule has 2 N–H and O–H groups in total. The van der Waals surface area contributed by atoms with Gasteiger partial charge in [-0.05, 0) is 30.5 Å². The molecule has 6 nitrogen and oxygen atoms in total. The van der Waals surface area contributed by atoms with E-state index in [1.165, 1.54) is 18.3 Å². The van der Waals surface area contributed by atoms with Crippen LogP contribution in [0.4, 0.5) is 4.39 Å². The number of hydrogen-bond donors (Lipinski definition) is 2. The van der Waals surface area contributed by atoms with Crippen molar-refractivity contribution in [3.8, 4) is 0 Å². The molecular formula is C18H19FN2O4. The smallest absolute Gasteiger partial charge is 0.259 e. The molecule has 132 valence electrons. The Balaban J connectivity index is 1.69. The van der Waals surface area contributed by atoms with Gasteiger partial charge in [-0.3, -0.25) is 9.59 Å². The van der Waals surface area contributed by atoms with Crippen molar-refractivity contribution in [1.29, 1.82) is 0 Å². The van der Waals surface area contributed by atoms with Gasteiger partial charge in [-0.25, -0.2) is 4.39 Å². The van der Waals surface area contributed by atoms with E-state index in [0.717, 1.165) is 12.5 Å². The van der Waals surface area contributed by atoms with Crippen LogP contribution in [-0.2, 0) is 4.74 Å². The molecule has 1 amide bonds. The van der Waals surface area contributed by atoms with Crippen LogP contribution in [0.3, 0.4) is 0 Å². The predicted molar refractivity (Wildman–Crippen MR) is 88.9 cm³/mol. The lowest BCUT2D eigenvalue weighted by Crippen LogP contribution is -2.43. The Kier molecular flexibility index (Phi) is 3.85. The number of nitrogens with zero attached hydrogens (tertiary/aromatic N) is 1. The quantitative estimate of drug-likeness (QED) is 0.854. The monoisotopic (exact) mass is 346 g/mol. The van der Waals surface area contributed by atoms with Crippen LogP contribution < -0.4 is 5.43 Å². The number of hydrogen-bond acceptors (Lipinski definition) is 4. The molecule has 3 heterocycles. The van der Waals surface area contributed by atoms with Gasteiger partial charge in [-0.1, -0.05) is 0 Å². The summed E-state index contributed by atoms with van der Waals surface area (Å²) in [5.74, 6) is -0.756. The van der Waals surface area contributed by atoms with Gasteiger partial charge >= 0.3 is 0 Å². The number of aromatic amines is 1. The normalized spacial score (nSPS) is 26.0. The van der Waals surface area contributed by atoms with E-state index in [2.05, 4.69) is 4.98 Å². The molecule has 7 heteroatoms. The van der Waals surface area contributed by atoms with Crippen LogP contribution in [0.2, 0.25) is 0 Å². The fourth-order valence-corrected chi connectivity index (χ4v) is 3.99. The van der Waals surface area contributed by atoms with Crippen molar-refractivity contribution >= 4 is 16.8 Å². The molecular weight excluding hydrogens is 327 g/mol. The lowest BCUT2D eigenvalue weighted by Gasteiger charge is -2.36. The average Bonchev–Trinajstić information content (AvgIpc) is 3.02. The highest BCUT2D eigenvalue weighted by Gasteiger charge is 2.49. The molecule has 2 atom stereocenters. The number of carbonyl (C=O) groups excluding carboxylic acids is 1. The summed E-state index contributed by atoms with van der Waals surface area (Å²) in [5.41, 5.74) is -0.463. The third-order valence-corrected chi connectivity index (χ3v) is 5.49. The van der Waals surface area contributed by atoms with Crippen LogP contribution in [0.15, 0.2) is 29.2 Å². The number of aliphatic hydroxyl groups is 1. The van der Waals surface area contributed by atoms with Gasteiger partial charge in [-0.15, -0.1) is 0 Å². The largest absolute Gasteiger partial charge is 0.396 e. The molecule has 2 saturated heterocycles. The highest BCUT2D eigenvalue weighted by molar-refractivity contribution is 5.97. The van der Waals surface area contributed by atoms with Gasteiger partial charge in [0.05, 0.1) is 13.2 Å². The first kappa shape index (κ1) is 16.2. The van der Waals surface area contributed by atoms with Gasteiger partial charge in [0.1, 0.15) is 11.4 Å². The first-order valence-electron chi connectivity index (χ1n) is 8.33.